The lowest BCUT2D eigenvalue weighted by atomic mass is 10.2. The zero-order valence-corrected chi connectivity index (χ0v) is 16.2. The Morgan fingerprint density at radius 2 is 1.85 bits per heavy atom. The summed E-state index contributed by atoms with van der Waals surface area (Å²) in [5.41, 5.74) is 2.39. The maximum Gasteiger partial charge on any atom is 0.235 e. The van der Waals surface area contributed by atoms with Crippen LogP contribution in [-0.2, 0) is 16.6 Å². The Labute approximate surface area is 160 Å². The van der Waals surface area contributed by atoms with Gasteiger partial charge in [-0.1, -0.05) is 30.3 Å². The summed E-state index contributed by atoms with van der Waals surface area (Å²) in [5.74, 6) is 1.34. The highest BCUT2D eigenvalue weighted by Gasteiger charge is 2.21. The van der Waals surface area contributed by atoms with E-state index in [1.54, 1.807) is 43.6 Å². The molecule has 5 nitrogen and oxygen atoms in total. The van der Waals surface area contributed by atoms with Crippen LogP contribution in [0.25, 0.3) is 0 Å². The van der Waals surface area contributed by atoms with Gasteiger partial charge in [-0.3, -0.25) is 9.29 Å². The van der Waals surface area contributed by atoms with E-state index in [0.717, 1.165) is 16.9 Å². The minimum atomic E-state index is -3.46. The molecule has 3 rings (SSSR count). The second-order valence-electron chi connectivity index (χ2n) is 6.13. The highest BCUT2D eigenvalue weighted by molar-refractivity contribution is 7.92. The fourth-order valence-electron chi connectivity index (χ4n) is 2.66. The number of anilines is 1. The standard InChI is InChI=1S/C21H22N2O3S/c1-3-27(24,25)23(16-18-9-7-13-22-15-18)19-10-6-11-20(14-19)26-21-12-5-4-8-17(21)2/h4-15H,3,16H2,1-2H3. The van der Waals surface area contributed by atoms with Gasteiger partial charge in [0.2, 0.25) is 10.0 Å². The van der Waals surface area contributed by atoms with E-state index in [1.165, 1.54) is 4.31 Å². The predicted molar refractivity (Wildman–Crippen MR) is 108 cm³/mol. The zero-order valence-electron chi connectivity index (χ0n) is 15.4. The molecule has 140 valence electrons. The second kappa shape index (κ2) is 8.22. The van der Waals surface area contributed by atoms with E-state index in [1.807, 2.05) is 43.3 Å². The fourth-order valence-corrected chi connectivity index (χ4v) is 3.76. The number of hydrogen-bond acceptors (Lipinski definition) is 4. The molecule has 0 atom stereocenters. The third kappa shape index (κ3) is 4.65. The van der Waals surface area contributed by atoms with Crippen LogP contribution in [0.4, 0.5) is 5.69 Å². The molecule has 3 aromatic rings. The van der Waals surface area contributed by atoms with Gasteiger partial charge in [0.1, 0.15) is 11.5 Å². The Morgan fingerprint density at radius 3 is 2.56 bits per heavy atom. The molecule has 0 bridgehead atoms. The van der Waals surface area contributed by atoms with Crippen molar-refractivity contribution in [3.63, 3.8) is 0 Å². The molecule has 0 radical (unpaired) electrons. The average molecular weight is 382 g/mol. The number of sulfonamides is 1. The number of aryl methyl sites for hydroxylation is 1. The van der Waals surface area contributed by atoms with Crippen LogP contribution in [0.1, 0.15) is 18.1 Å². The molecule has 6 heteroatoms. The Kier molecular flexibility index (Phi) is 5.76. The van der Waals surface area contributed by atoms with E-state index in [2.05, 4.69) is 4.98 Å². The van der Waals surface area contributed by atoms with Gasteiger partial charge in [0.25, 0.3) is 0 Å². The maximum absolute atomic E-state index is 12.7. The fraction of sp³-hybridized carbons (Fsp3) is 0.190. The van der Waals surface area contributed by atoms with Crippen LogP contribution in [0.3, 0.4) is 0 Å². The van der Waals surface area contributed by atoms with Crippen LogP contribution < -0.4 is 9.04 Å². The van der Waals surface area contributed by atoms with Crippen LogP contribution in [-0.4, -0.2) is 19.2 Å². The van der Waals surface area contributed by atoms with Crippen molar-refractivity contribution in [2.75, 3.05) is 10.1 Å². The summed E-state index contributed by atoms with van der Waals surface area (Å²) in [6.07, 6.45) is 3.34. The molecular weight excluding hydrogens is 360 g/mol. The summed E-state index contributed by atoms with van der Waals surface area (Å²) in [6, 6.07) is 18.5. The van der Waals surface area contributed by atoms with E-state index in [4.69, 9.17) is 4.74 Å². The molecule has 1 heterocycles. The number of para-hydroxylation sites is 1. The summed E-state index contributed by atoms with van der Waals surface area (Å²) in [6.45, 7) is 3.83. The lowest BCUT2D eigenvalue weighted by Crippen LogP contribution is -2.31. The third-order valence-electron chi connectivity index (χ3n) is 4.18. The highest BCUT2D eigenvalue weighted by atomic mass is 32.2. The molecule has 0 aliphatic carbocycles. The van der Waals surface area contributed by atoms with Gasteiger partial charge < -0.3 is 4.74 Å². The lowest BCUT2D eigenvalue weighted by Gasteiger charge is -2.24. The van der Waals surface area contributed by atoms with E-state index < -0.39 is 10.0 Å². The Hall–Kier alpha value is -2.86. The van der Waals surface area contributed by atoms with Crippen LogP contribution >= 0.6 is 0 Å². The molecule has 0 N–H and O–H groups in total. The van der Waals surface area contributed by atoms with Crippen LogP contribution in [0.15, 0.2) is 73.1 Å². The second-order valence-corrected chi connectivity index (χ2v) is 8.32. The van der Waals surface area contributed by atoms with Gasteiger partial charge in [-0.2, -0.15) is 0 Å². The largest absolute Gasteiger partial charge is 0.457 e. The number of aromatic nitrogens is 1. The molecule has 0 saturated heterocycles. The Bertz CT molecular complexity index is 1000. The summed E-state index contributed by atoms with van der Waals surface area (Å²) >= 11 is 0. The Balaban J connectivity index is 1.94. The maximum atomic E-state index is 12.7. The molecule has 0 aliphatic rings. The SMILES string of the molecule is CCS(=O)(=O)N(Cc1cccnc1)c1cccc(Oc2ccccc2C)c1. The first-order valence-electron chi connectivity index (χ1n) is 8.72. The van der Waals surface area contributed by atoms with Gasteiger partial charge in [0.05, 0.1) is 18.0 Å². The van der Waals surface area contributed by atoms with E-state index in [9.17, 15) is 8.42 Å². The summed E-state index contributed by atoms with van der Waals surface area (Å²) in [5, 5.41) is 0. The first-order valence-corrected chi connectivity index (χ1v) is 10.3. The van der Waals surface area contributed by atoms with Gasteiger partial charge in [-0.15, -0.1) is 0 Å². The number of hydrogen-bond donors (Lipinski definition) is 0. The van der Waals surface area contributed by atoms with Crippen molar-refractivity contribution in [1.29, 1.82) is 0 Å². The van der Waals surface area contributed by atoms with Gasteiger partial charge in [-0.05, 0) is 49.2 Å². The molecule has 27 heavy (non-hydrogen) atoms. The van der Waals surface area contributed by atoms with Crippen LogP contribution in [0.5, 0.6) is 11.5 Å². The normalized spacial score (nSPS) is 11.2. The van der Waals surface area contributed by atoms with E-state index >= 15 is 0 Å². The number of nitrogens with zero attached hydrogens (tertiary/aromatic N) is 2. The monoisotopic (exact) mass is 382 g/mol. The van der Waals surface area contributed by atoms with Crippen molar-refractivity contribution in [3.05, 3.63) is 84.2 Å². The van der Waals surface area contributed by atoms with Gasteiger partial charge >= 0.3 is 0 Å². The molecule has 0 saturated carbocycles. The molecule has 1 aromatic heterocycles. The van der Waals surface area contributed by atoms with Crippen molar-refractivity contribution in [1.82, 2.24) is 4.98 Å². The topological polar surface area (TPSA) is 59.5 Å². The number of benzene rings is 2. The van der Waals surface area contributed by atoms with Gasteiger partial charge in [0, 0.05) is 18.5 Å². The quantitative estimate of drug-likeness (QED) is 0.602. The van der Waals surface area contributed by atoms with Crippen molar-refractivity contribution >= 4 is 15.7 Å². The zero-order chi connectivity index (χ0) is 19.3. The molecule has 0 fully saturated rings. The number of rotatable bonds is 7. The van der Waals surface area contributed by atoms with Crippen molar-refractivity contribution in [2.45, 2.75) is 20.4 Å². The summed E-state index contributed by atoms with van der Waals surface area (Å²) < 4.78 is 32.7. The van der Waals surface area contributed by atoms with Crippen molar-refractivity contribution in [3.8, 4) is 11.5 Å². The van der Waals surface area contributed by atoms with E-state index in [-0.39, 0.29) is 12.3 Å². The van der Waals surface area contributed by atoms with Crippen molar-refractivity contribution < 1.29 is 13.2 Å². The molecule has 2 aromatic carbocycles. The van der Waals surface area contributed by atoms with E-state index in [0.29, 0.717) is 11.4 Å². The van der Waals surface area contributed by atoms with Gasteiger partial charge in [-0.25, -0.2) is 8.42 Å². The molecule has 0 spiro atoms. The first-order chi connectivity index (χ1) is 13.0. The number of ether oxygens (including phenoxy) is 1. The molecular formula is C21H22N2O3S. The Morgan fingerprint density at radius 1 is 1.04 bits per heavy atom. The smallest absolute Gasteiger partial charge is 0.235 e. The minimum Gasteiger partial charge on any atom is -0.457 e. The highest BCUT2D eigenvalue weighted by Crippen LogP contribution is 2.30. The average Bonchev–Trinajstić information content (AvgIpc) is 2.69. The summed E-state index contributed by atoms with van der Waals surface area (Å²) in [7, 11) is -3.46. The summed E-state index contributed by atoms with van der Waals surface area (Å²) in [4.78, 5) is 4.08. The lowest BCUT2D eigenvalue weighted by molar-refractivity contribution is 0.479. The van der Waals surface area contributed by atoms with Crippen LogP contribution in [0, 0.1) is 6.92 Å². The molecule has 0 amide bonds. The minimum absolute atomic E-state index is 0.0101. The van der Waals surface area contributed by atoms with Gasteiger partial charge in [0.15, 0.2) is 0 Å². The van der Waals surface area contributed by atoms with Crippen molar-refractivity contribution in [2.24, 2.45) is 0 Å². The van der Waals surface area contributed by atoms with Crippen LogP contribution in [0.2, 0.25) is 0 Å². The number of pyridine rings is 1. The third-order valence-corrected chi connectivity index (χ3v) is 5.92. The molecule has 0 aliphatic heterocycles. The molecule has 0 unspecified atom stereocenters. The predicted octanol–water partition coefficient (Wildman–Crippen LogP) is 4.54. The first kappa shape index (κ1) is 18.9.